The van der Waals surface area contributed by atoms with Crippen molar-refractivity contribution in [3.05, 3.63) is 0 Å². The Labute approximate surface area is 48.2 Å². The minimum absolute atomic E-state index is 0.227. The van der Waals surface area contributed by atoms with Gasteiger partial charge >= 0.3 is 5.97 Å². The van der Waals surface area contributed by atoms with Crippen molar-refractivity contribution in [2.24, 2.45) is 0 Å². The van der Waals surface area contributed by atoms with E-state index in [4.69, 9.17) is 0 Å². The summed E-state index contributed by atoms with van der Waals surface area (Å²) in [5, 5.41) is 1.64. The summed E-state index contributed by atoms with van der Waals surface area (Å²) in [5.41, 5.74) is 0. The molecule has 0 spiro atoms. The summed E-state index contributed by atoms with van der Waals surface area (Å²) in [6, 6.07) is 0.443. The van der Waals surface area contributed by atoms with Crippen molar-refractivity contribution in [2.45, 2.75) is 19.9 Å². The SMILES string of the molecule is CC(=O)ON1CC1C. The monoisotopic (exact) mass is 115 g/mol. The summed E-state index contributed by atoms with van der Waals surface area (Å²) < 4.78 is 0. The van der Waals surface area contributed by atoms with E-state index in [-0.39, 0.29) is 5.97 Å². The van der Waals surface area contributed by atoms with Gasteiger partial charge in [-0.25, -0.2) is 0 Å². The van der Waals surface area contributed by atoms with Gasteiger partial charge < -0.3 is 4.84 Å². The van der Waals surface area contributed by atoms with Crippen molar-refractivity contribution < 1.29 is 9.63 Å². The molecule has 1 heterocycles. The van der Waals surface area contributed by atoms with E-state index in [0.29, 0.717) is 6.04 Å². The normalized spacial score (nSPS) is 34.2. The Balaban J connectivity index is 2.14. The number of hydrogen-bond acceptors (Lipinski definition) is 3. The third-order valence-electron chi connectivity index (χ3n) is 1.05. The van der Waals surface area contributed by atoms with E-state index in [2.05, 4.69) is 4.84 Å². The van der Waals surface area contributed by atoms with E-state index in [0.717, 1.165) is 6.54 Å². The van der Waals surface area contributed by atoms with Gasteiger partial charge in [-0.15, -0.1) is 5.06 Å². The summed E-state index contributed by atoms with van der Waals surface area (Å²) in [6.07, 6.45) is 0. The molecule has 46 valence electrons. The number of nitrogens with zero attached hydrogens (tertiary/aromatic N) is 1. The van der Waals surface area contributed by atoms with Crippen LogP contribution in [0.2, 0.25) is 0 Å². The fourth-order valence-corrected chi connectivity index (χ4v) is 0.506. The first kappa shape index (κ1) is 5.56. The Hall–Kier alpha value is -0.570. The highest BCUT2D eigenvalue weighted by Gasteiger charge is 2.32. The molecule has 0 saturated carbocycles. The molecule has 2 atom stereocenters. The van der Waals surface area contributed by atoms with E-state index in [1.165, 1.54) is 6.92 Å². The molecule has 1 saturated heterocycles. The lowest BCUT2D eigenvalue weighted by molar-refractivity contribution is -0.164. The van der Waals surface area contributed by atoms with Gasteiger partial charge in [-0.3, -0.25) is 4.79 Å². The Morgan fingerprint density at radius 2 is 2.38 bits per heavy atom. The number of carbonyl (C=O) groups is 1. The third kappa shape index (κ3) is 1.20. The first-order valence-corrected chi connectivity index (χ1v) is 2.65. The molecular formula is C5H9NO2. The second kappa shape index (κ2) is 1.74. The van der Waals surface area contributed by atoms with Gasteiger partial charge in [0.1, 0.15) is 0 Å². The average Bonchev–Trinajstić information content (AvgIpc) is 2.17. The Bertz CT molecular complexity index is 113. The minimum Gasteiger partial charge on any atom is -0.368 e. The molecule has 2 unspecified atom stereocenters. The van der Waals surface area contributed by atoms with Crippen molar-refractivity contribution in [3.63, 3.8) is 0 Å². The van der Waals surface area contributed by atoms with Gasteiger partial charge in [0.05, 0.1) is 12.6 Å². The zero-order valence-corrected chi connectivity index (χ0v) is 5.05. The molecule has 8 heavy (non-hydrogen) atoms. The maximum atomic E-state index is 10.2. The van der Waals surface area contributed by atoms with Crippen molar-refractivity contribution in [1.82, 2.24) is 5.06 Å². The van der Waals surface area contributed by atoms with Crippen LogP contribution in [0.4, 0.5) is 0 Å². The van der Waals surface area contributed by atoms with Crippen LogP contribution in [0.25, 0.3) is 0 Å². The standard InChI is InChI=1S/C5H9NO2/c1-4-3-6(4)8-5(2)7/h4H,3H2,1-2H3. The summed E-state index contributed by atoms with van der Waals surface area (Å²) in [5.74, 6) is -0.227. The second-order valence-corrected chi connectivity index (χ2v) is 2.03. The van der Waals surface area contributed by atoms with E-state index in [1.54, 1.807) is 5.06 Å². The highest BCUT2D eigenvalue weighted by molar-refractivity contribution is 5.65. The van der Waals surface area contributed by atoms with Crippen LogP contribution >= 0.6 is 0 Å². The van der Waals surface area contributed by atoms with E-state index < -0.39 is 0 Å². The zero-order chi connectivity index (χ0) is 6.15. The van der Waals surface area contributed by atoms with Gasteiger partial charge in [-0.2, -0.15) is 0 Å². The molecule has 0 amide bonds. The van der Waals surface area contributed by atoms with E-state index in [1.807, 2.05) is 6.92 Å². The van der Waals surface area contributed by atoms with Crippen molar-refractivity contribution in [2.75, 3.05) is 6.54 Å². The molecule has 0 aromatic heterocycles. The number of hydrogen-bond donors (Lipinski definition) is 0. The van der Waals surface area contributed by atoms with Crippen molar-refractivity contribution in [1.29, 1.82) is 0 Å². The summed E-state index contributed by atoms with van der Waals surface area (Å²) in [7, 11) is 0. The smallest absolute Gasteiger partial charge is 0.322 e. The van der Waals surface area contributed by atoms with Crippen LogP contribution in [-0.4, -0.2) is 23.6 Å². The molecule has 1 aliphatic heterocycles. The molecule has 0 radical (unpaired) electrons. The second-order valence-electron chi connectivity index (χ2n) is 2.03. The van der Waals surface area contributed by atoms with Gasteiger partial charge in [0.15, 0.2) is 0 Å². The van der Waals surface area contributed by atoms with Crippen LogP contribution in [0, 0.1) is 0 Å². The third-order valence-corrected chi connectivity index (χ3v) is 1.05. The lowest BCUT2D eigenvalue weighted by atomic mass is 10.6. The minimum atomic E-state index is -0.227. The molecule has 3 nitrogen and oxygen atoms in total. The molecule has 0 aromatic carbocycles. The molecule has 0 bridgehead atoms. The van der Waals surface area contributed by atoms with Gasteiger partial charge in [0.25, 0.3) is 0 Å². The first-order valence-electron chi connectivity index (χ1n) is 2.65. The lowest BCUT2D eigenvalue weighted by Gasteiger charge is -1.96. The first-order chi connectivity index (χ1) is 3.70. The summed E-state index contributed by atoms with van der Waals surface area (Å²) in [6.45, 7) is 4.30. The van der Waals surface area contributed by atoms with Gasteiger partial charge in [-0.05, 0) is 6.92 Å². The van der Waals surface area contributed by atoms with Crippen LogP contribution in [0.5, 0.6) is 0 Å². The van der Waals surface area contributed by atoms with E-state index in [9.17, 15) is 4.79 Å². The predicted octanol–water partition coefficient (Wildman–Crippen LogP) is 0.169. The largest absolute Gasteiger partial charge is 0.368 e. The van der Waals surface area contributed by atoms with Crippen LogP contribution in [-0.2, 0) is 9.63 Å². The molecule has 0 N–H and O–H groups in total. The maximum Gasteiger partial charge on any atom is 0.322 e. The van der Waals surface area contributed by atoms with Crippen LogP contribution in [0.1, 0.15) is 13.8 Å². The molecule has 1 aliphatic rings. The molecular weight excluding hydrogens is 106 g/mol. The molecule has 3 heteroatoms. The van der Waals surface area contributed by atoms with Crippen LogP contribution in [0.15, 0.2) is 0 Å². The maximum absolute atomic E-state index is 10.2. The zero-order valence-electron chi connectivity index (χ0n) is 5.05. The van der Waals surface area contributed by atoms with Gasteiger partial charge in [0, 0.05) is 6.92 Å². The van der Waals surface area contributed by atoms with Gasteiger partial charge in [0.2, 0.25) is 0 Å². The molecule has 1 rings (SSSR count). The quantitative estimate of drug-likeness (QED) is 0.456. The van der Waals surface area contributed by atoms with Crippen LogP contribution in [0.3, 0.4) is 0 Å². The topological polar surface area (TPSA) is 29.3 Å². The van der Waals surface area contributed by atoms with Crippen LogP contribution < -0.4 is 0 Å². The highest BCUT2D eigenvalue weighted by atomic mass is 16.7. The number of rotatable bonds is 1. The Morgan fingerprint density at radius 3 is 2.50 bits per heavy atom. The fraction of sp³-hybridized carbons (Fsp3) is 0.800. The fourth-order valence-electron chi connectivity index (χ4n) is 0.506. The lowest BCUT2D eigenvalue weighted by Crippen LogP contribution is -2.06. The number of carbonyl (C=O) groups excluding carboxylic acids is 1. The average molecular weight is 115 g/mol. The predicted molar refractivity (Wildman–Crippen MR) is 27.9 cm³/mol. The molecule has 1 fully saturated rings. The Morgan fingerprint density at radius 1 is 1.88 bits per heavy atom. The Kier molecular flexibility index (Phi) is 1.21. The van der Waals surface area contributed by atoms with Crippen molar-refractivity contribution >= 4 is 5.97 Å². The molecule has 0 aromatic rings. The van der Waals surface area contributed by atoms with Gasteiger partial charge in [-0.1, -0.05) is 0 Å². The summed E-state index contributed by atoms with van der Waals surface area (Å²) >= 11 is 0. The molecule has 0 aliphatic carbocycles. The van der Waals surface area contributed by atoms with E-state index >= 15 is 0 Å². The van der Waals surface area contributed by atoms with Crippen molar-refractivity contribution in [3.8, 4) is 0 Å². The summed E-state index contributed by atoms with van der Waals surface area (Å²) in [4.78, 5) is 14.8. The number of hydroxylamine groups is 2. The highest BCUT2D eigenvalue weighted by Crippen LogP contribution is 2.15.